The lowest BCUT2D eigenvalue weighted by Crippen LogP contribution is -2.22. The molecule has 3 aromatic carbocycles. The van der Waals surface area contributed by atoms with Gasteiger partial charge in [0, 0.05) is 17.5 Å². The third kappa shape index (κ3) is 4.45. The zero-order valence-corrected chi connectivity index (χ0v) is 21.2. The van der Waals surface area contributed by atoms with Gasteiger partial charge in [-0.25, -0.2) is 0 Å². The fourth-order valence-electron chi connectivity index (χ4n) is 4.62. The van der Waals surface area contributed by atoms with Crippen LogP contribution in [0.25, 0.3) is 22.1 Å². The van der Waals surface area contributed by atoms with Gasteiger partial charge in [0.25, 0.3) is 0 Å². The first kappa shape index (κ1) is 25.0. The van der Waals surface area contributed by atoms with Crippen LogP contribution in [0, 0.1) is 0 Å². The Labute approximate surface area is 218 Å². The minimum atomic E-state index is -0.459. The summed E-state index contributed by atoms with van der Waals surface area (Å²) < 4.78 is 27.8. The number of hydrogen-bond donors (Lipinski definition) is 1. The van der Waals surface area contributed by atoms with Gasteiger partial charge in [-0.05, 0) is 47.9 Å². The van der Waals surface area contributed by atoms with E-state index in [1.54, 1.807) is 18.2 Å². The molecule has 1 aromatic heterocycles. The second-order valence-electron chi connectivity index (χ2n) is 9.11. The van der Waals surface area contributed by atoms with Crippen molar-refractivity contribution in [1.82, 2.24) is 0 Å². The minimum Gasteiger partial charge on any atom is -0.507 e. The highest BCUT2D eigenvalue weighted by Crippen LogP contribution is 2.46. The van der Waals surface area contributed by atoms with Crippen molar-refractivity contribution in [2.75, 3.05) is 20.8 Å². The van der Waals surface area contributed by atoms with Crippen LogP contribution in [0.4, 0.5) is 0 Å². The van der Waals surface area contributed by atoms with E-state index in [4.69, 9.17) is 23.4 Å². The summed E-state index contributed by atoms with van der Waals surface area (Å²) in [6.45, 7) is 6.11. The summed E-state index contributed by atoms with van der Waals surface area (Å²) in [5, 5.41) is 10.8. The highest BCUT2D eigenvalue weighted by atomic mass is 16.5. The van der Waals surface area contributed by atoms with Crippen LogP contribution in [0.2, 0.25) is 0 Å². The van der Waals surface area contributed by atoms with Gasteiger partial charge in [0.2, 0.25) is 5.43 Å². The van der Waals surface area contributed by atoms with Crippen molar-refractivity contribution < 1.29 is 33.3 Å². The molecule has 0 bridgehead atoms. The molecule has 0 saturated carbocycles. The summed E-state index contributed by atoms with van der Waals surface area (Å²) >= 11 is 0. The molecule has 5 rings (SSSR count). The van der Waals surface area contributed by atoms with Crippen LogP contribution < -0.4 is 24.4 Å². The van der Waals surface area contributed by atoms with Crippen molar-refractivity contribution in [3.63, 3.8) is 0 Å². The number of ether oxygens (including phenoxy) is 4. The maximum atomic E-state index is 13.6. The van der Waals surface area contributed by atoms with Gasteiger partial charge in [0.05, 0.1) is 26.2 Å². The largest absolute Gasteiger partial charge is 0.507 e. The predicted octanol–water partition coefficient (Wildman–Crippen LogP) is 5.58. The van der Waals surface area contributed by atoms with E-state index in [1.807, 2.05) is 31.2 Å². The average Bonchev–Trinajstić information content (AvgIpc) is 2.91. The number of esters is 1. The molecule has 0 fully saturated rings. The zero-order chi connectivity index (χ0) is 27.0. The van der Waals surface area contributed by atoms with Crippen LogP contribution >= 0.6 is 0 Å². The number of phenols is 1. The molecule has 38 heavy (non-hydrogen) atoms. The molecule has 0 unspecified atom stereocenters. The minimum absolute atomic E-state index is 0.000366. The summed E-state index contributed by atoms with van der Waals surface area (Å²) in [6.07, 6.45) is 1.38. The maximum Gasteiger partial charge on any atom is 0.312 e. The van der Waals surface area contributed by atoms with E-state index in [0.29, 0.717) is 35.0 Å². The van der Waals surface area contributed by atoms with Gasteiger partial charge in [-0.15, -0.1) is 0 Å². The van der Waals surface area contributed by atoms with Crippen molar-refractivity contribution in [3.8, 4) is 39.9 Å². The average molecular weight is 515 g/mol. The first-order chi connectivity index (χ1) is 18.3. The number of benzene rings is 3. The maximum absolute atomic E-state index is 13.6. The monoisotopic (exact) mass is 514 g/mol. The molecule has 194 valence electrons. The topological polar surface area (TPSA) is 104 Å². The second-order valence-corrected chi connectivity index (χ2v) is 9.11. The van der Waals surface area contributed by atoms with Gasteiger partial charge in [0.15, 0.2) is 11.5 Å². The van der Waals surface area contributed by atoms with Gasteiger partial charge < -0.3 is 28.5 Å². The van der Waals surface area contributed by atoms with Gasteiger partial charge in [0.1, 0.15) is 41.1 Å². The van der Waals surface area contributed by atoms with Crippen molar-refractivity contribution in [2.45, 2.75) is 19.3 Å². The van der Waals surface area contributed by atoms with E-state index in [0.717, 1.165) is 11.1 Å². The summed E-state index contributed by atoms with van der Waals surface area (Å²) in [6, 6.07) is 13.7. The summed E-state index contributed by atoms with van der Waals surface area (Å²) in [5.41, 5.74) is 2.72. The van der Waals surface area contributed by atoms with Gasteiger partial charge >= 0.3 is 5.97 Å². The summed E-state index contributed by atoms with van der Waals surface area (Å²) in [4.78, 5) is 26.1. The van der Waals surface area contributed by atoms with Crippen LogP contribution in [0.3, 0.4) is 0 Å². The van der Waals surface area contributed by atoms with Crippen molar-refractivity contribution in [3.05, 3.63) is 88.3 Å². The molecule has 1 aliphatic rings. The second kappa shape index (κ2) is 9.97. The molecule has 0 radical (unpaired) electrons. The molecule has 8 heteroatoms. The van der Waals surface area contributed by atoms with Crippen molar-refractivity contribution in [1.29, 1.82) is 0 Å². The Morgan fingerprint density at radius 2 is 1.79 bits per heavy atom. The first-order valence-corrected chi connectivity index (χ1v) is 11.9. The Morgan fingerprint density at radius 1 is 1.05 bits per heavy atom. The Hall–Kier alpha value is -4.72. The highest BCUT2D eigenvalue weighted by molar-refractivity contribution is 5.94. The molecular formula is C30H26O8. The molecule has 0 aliphatic carbocycles. The van der Waals surface area contributed by atoms with Gasteiger partial charge in [-0.2, -0.15) is 0 Å². The molecule has 0 amide bonds. The molecule has 2 heterocycles. The molecule has 8 nitrogen and oxygen atoms in total. The Bertz CT molecular complexity index is 1610. The zero-order valence-electron chi connectivity index (χ0n) is 21.2. The molecule has 1 atom stereocenters. The number of rotatable bonds is 7. The van der Waals surface area contributed by atoms with E-state index in [1.165, 1.54) is 26.5 Å². The third-order valence-electron chi connectivity index (χ3n) is 6.43. The number of carbonyl (C=O) groups excluding carboxylic acids is 1. The Morgan fingerprint density at radius 3 is 2.47 bits per heavy atom. The highest BCUT2D eigenvalue weighted by Gasteiger charge is 2.33. The van der Waals surface area contributed by atoms with Gasteiger partial charge in [-0.3, -0.25) is 9.59 Å². The van der Waals surface area contributed by atoms with E-state index in [-0.39, 0.29) is 34.5 Å². The standard InChI is InChI=1S/C30H26O8/c1-16(2)14-36-19-8-5-17(6-9-19)20-12-26(32)38-25-13-22(31)28-29(33)21(15-37-30(28)27(20)25)18-7-10-23(34-3)24(11-18)35-4/h5-11,13,15,20,31H,1,12,14H2,2-4H3/t20-/m1/s1. The molecule has 1 N–H and O–H groups in total. The number of methoxy groups -OCH3 is 2. The Kier molecular flexibility index (Phi) is 6.55. The van der Waals surface area contributed by atoms with Crippen molar-refractivity contribution in [2.24, 2.45) is 0 Å². The predicted molar refractivity (Wildman–Crippen MR) is 142 cm³/mol. The number of phenolic OH excluding ortho intramolecular Hbond substituents is 1. The van der Waals surface area contributed by atoms with Crippen LogP contribution in [-0.4, -0.2) is 31.9 Å². The van der Waals surface area contributed by atoms with Crippen LogP contribution in [0.5, 0.6) is 28.7 Å². The first-order valence-electron chi connectivity index (χ1n) is 11.9. The summed E-state index contributed by atoms with van der Waals surface area (Å²) in [5.74, 6) is 0.526. The number of hydrogen-bond acceptors (Lipinski definition) is 8. The third-order valence-corrected chi connectivity index (χ3v) is 6.43. The van der Waals surface area contributed by atoms with Crippen LogP contribution in [0.1, 0.15) is 30.4 Å². The molecule has 1 aliphatic heterocycles. The van der Waals surface area contributed by atoms with E-state index >= 15 is 0 Å². The van der Waals surface area contributed by atoms with Gasteiger partial charge in [-0.1, -0.05) is 24.8 Å². The summed E-state index contributed by atoms with van der Waals surface area (Å²) in [7, 11) is 3.03. The quantitative estimate of drug-likeness (QED) is 0.194. The Balaban J connectivity index is 1.63. The normalized spacial score (nSPS) is 14.5. The number of aromatic hydroxyl groups is 1. The molecular weight excluding hydrogens is 488 g/mol. The molecule has 0 saturated heterocycles. The van der Waals surface area contributed by atoms with E-state index in [9.17, 15) is 14.7 Å². The number of fused-ring (bicyclic) bond motifs is 3. The molecule has 4 aromatic rings. The lowest BCUT2D eigenvalue weighted by atomic mass is 9.85. The van der Waals surface area contributed by atoms with E-state index in [2.05, 4.69) is 6.58 Å². The van der Waals surface area contributed by atoms with E-state index < -0.39 is 17.3 Å². The van der Waals surface area contributed by atoms with Crippen LogP contribution in [-0.2, 0) is 4.79 Å². The lowest BCUT2D eigenvalue weighted by Gasteiger charge is -2.26. The number of carbonyl (C=O) groups is 1. The fourth-order valence-corrected chi connectivity index (χ4v) is 4.62. The molecule has 0 spiro atoms. The van der Waals surface area contributed by atoms with Crippen LogP contribution in [0.15, 0.2) is 76.2 Å². The van der Waals surface area contributed by atoms with Crippen molar-refractivity contribution >= 4 is 16.9 Å². The fraction of sp³-hybridized carbons (Fsp3) is 0.200. The smallest absolute Gasteiger partial charge is 0.312 e. The lowest BCUT2D eigenvalue weighted by molar-refractivity contribution is -0.135. The SMILES string of the molecule is C=C(C)COc1ccc([C@H]2CC(=O)Oc3cc(O)c4c(=O)c(-c5ccc(OC)c(OC)c5)coc4c32)cc1.